The van der Waals surface area contributed by atoms with E-state index in [1.807, 2.05) is 6.92 Å². The molecule has 5 heteroatoms. The normalized spacial score (nSPS) is 27.3. The van der Waals surface area contributed by atoms with E-state index in [0.29, 0.717) is 12.5 Å². The van der Waals surface area contributed by atoms with Crippen LogP contribution in [-0.2, 0) is 18.8 Å². The van der Waals surface area contributed by atoms with E-state index >= 15 is 0 Å². The van der Waals surface area contributed by atoms with Gasteiger partial charge in [-0.05, 0) is 77.2 Å². The molecule has 1 heterocycles. The lowest BCUT2D eigenvalue weighted by molar-refractivity contribution is -0.149. The highest BCUT2D eigenvalue weighted by molar-refractivity contribution is 6.62. The van der Waals surface area contributed by atoms with Crippen LogP contribution in [0.15, 0.2) is 24.3 Å². The minimum Gasteiger partial charge on any atom is -0.466 e. The van der Waals surface area contributed by atoms with Gasteiger partial charge in [0, 0.05) is 0 Å². The second-order valence-corrected chi connectivity index (χ2v) is 8.56. The van der Waals surface area contributed by atoms with Crippen LogP contribution in [0.25, 0.3) is 0 Å². The van der Waals surface area contributed by atoms with Crippen LogP contribution < -0.4 is 5.46 Å². The maximum atomic E-state index is 11.9. The quantitative estimate of drug-likeness (QED) is 0.606. The molecule has 2 fully saturated rings. The molecule has 0 atom stereocenters. The average Bonchev–Trinajstić information content (AvgIpc) is 2.83. The van der Waals surface area contributed by atoms with Gasteiger partial charge < -0.3 is 14.0 Å². The third kappa shape index (κ3) is 3.84. The van der Waals surface area contributed by atoms with Gasteiger partial charge in [0.25, 0.3) is 0 Å². The fraction of sp³-hybridized carbons (Fsp3) is 0.667. The van der Waals surface area contributed by atoms with Gasteiger partial charge in [-0.2, -0.15) is 0 Å². The Morgan fingerprint density at radius 3 is 2.08 bits per heavy atom. The summed E-state index contributed by atoms with van der Waals surface area (Å²) >= 11 is 0. The molecule has 1 aliphatic carbocycles. The largest absolute Gasteiger partial charge is 0.494 e. The molecule has 0 radical (unpaired) electrons. The van der Waals surface area contributed by atoms with Gasteiger partial charge >= 0.3 is 13.1 Å². The predicted molar refractivity (Wildman–Crippen MR) is 103 cm³/mol. The molecule has 4 nitrogen and oxygen atoms in total. The van der Waals surface area contributed by atoms with Crippen molar-refractivity contribution < 1.29 is 18.8 Å². The Morgan fingerprint density at radius 2 is 1.58 bits per heavy atom. The molecule has 1 saturated heterocycles. The van der Waals surface area contributed by atoms with Gasteiger partial charge in [-0.25, -0.2) is 0 Å². The zero-order chi connectivity index (χ0) is 18.9. The maximum absolute atomic E-state index is 11.9. The van der Waals surface area contributed by atoms with Crippen molar-refractivity contribution in [2.45, 2.75) is 77.4 Å². The van der Waals surface area contributed by atoms with Crippen LogP contribution in [0.4, 0.5) is 0 Å². The van der Waals surface area contributed by atoms with Gasteiger partial charge in [0.2, 0.25) is 0 Å². The lowest BCUT2D eigenvalue weighted by Gasteiger charge is -2.32. The maximum Gasteiger partial charge on any atom is 0.494 e. The molecule has 1 saturated carbocycles. The van der Waals surface area contributed by atoms with Gasteiger partial charge in [-0.1, -0.05) is 24.3 Å². The Labute approximate surface area is 157 Å². The number of ether oxygens (including phenoxy) is 1. The van der Waals surface area contributed by atoms with Crippen molar-refractivity contribution in [2.24, 2.45) is 5.92 Å². The molecule has 0 amide bonds. The van der Waals surface area contributed by atoms with Crippen LogP contribution in [0, 0.1) is 5.92 Å². The summed E-state index contributed by atoms with van der Waals surface area (Å²) in [7, 11) is -0.311. The van der Waals surface area contributed by atoms with E-state index in [4.69, 9.17) is 14.0 Å². The highest BCUT2D eigenvalue weighted by Crippen LogP contribution is 2.38. The topological polar surface area (TPSA) is 44.8 Å². The van der Waals surface area contributed by atoms with Crippen molar-refractivity contribution in [1.82, 2.24) is 0 Å². The van der Waals surface area contributed by atoms with Crippen LogP contribution >= 0.6 is 0 Å². The fourth-order valence-corrected chi connectivity index (χ4v) is 3.83. The highest BCUT2D eigenvalue weighted by Gasteiger charge is 2.51. The Bertz CT molecular complexity index is 614. The van der Waals surface area contributed by atoms with E-state index in [-0.39, 0.29) is 30.2 Å². The second kappa shape index (κ2) is 7.36. The summed E-state index contributed by atoms with van der Waals surface area (Å²) in [4.78, 5) is 11.9. The molecule has 3 rings (SSSR count). The SMILES string of the molecule is CCOC(=O)[C@H]1CC[C@H](c2ccc(B3OC(C)(C)C(C)(C)O3)cc2)CC1. The first-order valence-corrected chi connectivity index (χ1v) is 9.85. The first kappa shape index (κ1) is 19.4. The van der Waals surface area contributed by atoms with E-state index in [9.17, 15) is 4.79 Å². The molecular formula is C21H31BO4. The molecule has 0 spiro atoms. The molecule has 0 unspecified atom stereocenters. The highest BCUT2D eigenvalue weighted by atomic mass is 16.7. The molecular weight excluding hydrogens is 327 g/mol. The van der Waals surface area contributed by atoms with Gasteiger partial charge in [-0.15, -0.1) is 0 Å². The first-order valence-electron chi connectivity index (χ1n) is 9.85. The number of benzene rings is 1. The zero-order valence-electron chi connectivity index (χ0n) is 16.7. The van der Waals surface area contributed by atoms with Crippen molar-refractivity contribution >= 4 is 18.6 Å². The van der Waals surface area contributed by atoms with Gasteiger partial charge in [0.1, 0.15) is 0 Å². The summed E-state index contributed by atoms with van der Waals surface area (Å²) in [6.07, 6.45) is 3.92. The van der Waals surface area contributed by atoms with Crippen molar-refractivity contribution in [3.05, 3.63) is 29.8 Å². The van der Waals surface area contributed by atoms with Crippen molar-refractivity contribution in [2.75, 3.05) is 6.61 Å². The standard InChI is InChI=1S/C21H31BO4/c1-6-24-19(23)17-9-7-15(8-10-17)16-11-13-18(14-12-16)22-25-20(2,3)21(4,5)26-22/h11-15,17H,6-10H2,1-5H3/t15-,17-. The van der Waals surface area contributed by atoms with E-state index in [0.717, 1.165) is 31.1 Å². The van der Waals surface area contributed by atoms with Gasteiger partial charge in [0.05, 0.1) is 23.7 Å². The molecule has 1 aliphatic heterocycles. The van der Waals surface area contributed by atoms with E-state index in [1.54, 1.807) is 0 Å². The van der Waals surface area contributed by atoms with Crippen molar-refractivity contribution in [3.8, 4) is 0 Å². The number of esters is 1. The fourth-order valence-electron chi connectivity index (χ4n) is 3.83. The van der Waals surface area contributed by atoms with Crippen molar-refractivity contribution in [1.29, 1.82) is 0 Å². The average molecular weight is 358 g/mol. The third-order valence-corrected chi connectivity index (χ3v) is 6.28. The third-order valence-electron chi connectivity index (χ3n) is 6.28. The Morgan fingerprint density at radius 1 is 1.04 bits per heavy atom. The summed E-state index contributed by atoms with van der Waals surface area (Å²) in [5, 5.41) is 0. The predicted octanol–water partition coefficient (Wildman–Crippen LogP) is 3.82. The smallest absolute Gasteiger partial charge is 0.466 e. The van der Waals surface area contributed by atoms with Crippen LogP contribution in [0.2, 0.25) is 0 Å². The lowest BCUT2D eigenvalue weighted by atomic mass is 9.75. The van der Waals surface area contributed by atoms with E-state index in [1.165, 1.54) is 5.56 Å². The number of rotatable bonds is 4. The summed E-state index contributed by atoms with van der Waals surface area (Å²) < 4.78 is 17.4. The molecule has 1 aromatic rings. The summed E-state index contributed by atoms with van der Waals surface area (Å²) in [5.74, 6) is 0.574. The van der Waals surface area contributed by atoms with Crippen molar-refractivity contribution in [3.63, 3.8) is 0 Å². The van der Waals surface area contributed by atoms with Gasteiger partial charge in [0.15, 0.2) is 0 Å². The first-order chi connectivity index (χ1) is 12.2. The van der Waals surface area contributed by atoms with Crippen LogP contribution in [0.3, 0.4) is 0 Å². The number of hydrogen-bond donors (Lipinski definition) is 0. The zero-order valence-corrected chi connectivity index (χ0v) is 16.7. The van der Waals surface area contributed by atoms with Crippen LogP contribution in [-0.4, -0.2) is 30.9 Å². The molecule has 0 N–H and O–H groups in total. The molecule has 0 bridgehead atoms. The minimum absolute atomic E-state index is 0.0259. The Balaban J connectivity index is 1.60. The Hall–Kier alpha value is -1.33. The minimum atomic E-state index is -0.318. The molecule has 26 heavy (non-hydrogen) atoms. The monoisotopic (exact) mass is 358 g/mol. The lowest BCUT2D eigenvalue weighted by Crippen LogP contribution is -2.41. The van der Waals surface area contributed by atoms with E-state index in [2.05, 4.69) is 52.0 Å². The van der Waals surface area contributed by atoms with E-state index < -0.39 is 0 Å². The summed E-state index contributed by atoms with van der Waals surface area (Å²) in [6.45, 7) is 10.6. The number of carbonyl (C=O) groups excluding carboxylic acids is 1. The summed E-state index contributed by atoms with van der Waals surface area (Å²) in [5.41, 5.74) is 1.77. The number of carbonyl (C=O) groups is 1. The molecule has 0 aromatic heterocycles. The molecule has 2 aliphatic rings. The van der Waals surface area contributed by atoms with Gasteiger partial charge in [-0.3, -0.25) is 4.79 Å². The van der Waals surface area contributed by atoms with Crippen LogP contribution in [0.5, 0.6) is 0 Å². The summed E-state index contributed by atoms with van der Waals surface area (Å²) in [6, 6.07) is 8.62. The Kier molecular flexibility index (Phi) is 5.50. The molecule has 142 valence electrons. The number of hydrogen-bond acceptors (Lipinski definition) is 4. The molecule has 1 aromatic carbocycles. The second-order valence-electron chi connectivity index (χ2n) is 8.56. The van der Waals surface area contributed by atoms with Crippen LogP contribution in [0.1, 0.15) is 71.8 Å².